The maximum absolute atomic E-state index is 2.45. The Morgan fingerprint density at radius 2 is 0.732 bits per heavy atom. The van der Waals surface area contributed by atoms with E-state index in [1.807, 2.05) is 23.1 Å². The van der Waals surface area contributed by atoms with Gasteiger partial charge in [-0.15, -0.1) is 11.3 Å². The third-order valence-electron chi connectivity index (χ3n) is 14.5. The number of nitrogens with zero attached hydrogens (tertiary/aromatic N) is 2. The highest BCUT2D eigenvalue weighted by Crippen LogP contribution is 2.62. The first kappa shape index (κ1) is 41.6. The van der Waals surface area contributed by atoms with Gasteiger partial charge in [-0.05, 0) is 153 Å². The van der Waals surface area contributed by atoms with E-state index in [1.165, 1.54) is 85.6 Å². The zero-order valence-corrected chi connectivity index (χ0v) is 40.2. The van der Waals surface area contributed by atoms with Crippen molar-refractivity contribution in [2.45, 2.75) is 15.2 Å². The predicted octanol–water partition coefficient (Wildman–Crippen LogP) is 19.2. The zero-order chi connectivity index (χ0) is 46.9. The molecule has 4 heteroatoms. The molecule has 0 radical (unpaired) electrons. The van der Waals surface area contributed by atoms with Crippen LogP contribution in [0, 0.1) is 0 Å². The number of thiophene rings is 1. The van der Waals surface area contributed by atoms with E-state index >= 15 is 0 Å². The van der Waals surface area contributed by atoms with Crippen LogP contribution in [0.25, 0.3) is 53.6 Å². The molecular formula is C67H44N2S2. The number of hydrogen-bond donors (Lipinski definition) is 0. The smallest absolute Gasteiger partial charge is 0.0735 e. The molecule has 0 N–H and O–H groups in total. The van der Waals surface area contributed by atoms with Gasteiger partial charge in [-0.25, -0.2) is 0 Å². The van der Waals surface area contributed by atoms with Crippen molar-refractivity contribution in [1.29, 1.82) is 0 Å². The molecule has 2 nitrogen and oxygen atoms in total. The van der Waals surface area contributed by atoms with Gasteiger partial charge in [0.1, 0.15) is 0 Å². The van der Waals surface area contributed by atoms with Crippen LogP contribution in [0.2, 0.25) is 0 Å². The van der Waals surface area contributed by atoms with Crippen molar-refractivity contribution in [2.75, 3.05) is 9.80 Å². The Balaban J connectivity index is 0.951. The molecule has 11 aromatic carbocycles. The summed E-state index contributed by atoms with van der Waals surface area (Å²) in [6.07, 6.45) is 0. The van der Waals surface area contributed by atoms with Crippen LogP contribution in [0.1, 0.15) is 22.3 Å². The van der Waals surface area contributed by atoms with Gasteiger partial charge in [-0.3, -0.25) is 0 Å². The average Bonchev–Trinajstić information content (AvgIpc) is 3.96. The molecule has 71 heavy (non-hydrogen) atoms. The highest BCUT2D eigenvalue weighted by molar-refractivity contribution is 7.99. The topological polar surface area (TPSA) is 6.48 Å². The third-order valence-corrected chi connectivity index (χ3v) is 16.8. The van der Waals surface area contributed by atoms with E-state index in [0.717, 1.165) is 34.1 Å². The fourth-order valence-electron chi connectivity index (χ4n) is 11.4. The fourth-order valence-corrected chi connectivity index (χ4v) is 13.7. The Morgan fingerprint density at radius 3 is 1.39 bits per heavy atom. The summed E-state index contributed by atoms with van der Waals surface area (Å²) in [6, 6.07) is 98.5. The van der Waals surface area contributed by atoms with Crippen molar-refractivity contribution in [2.24, 2.45) is 0 Å². The number of anilines is 6. The largest absolute Gasteiger partial charge is 0.310 e. The highest BCUT2D eigenvalue weighted by atomic mass is 32.2. The standard InChI is InChI=1S/C67H44N2S2/c1-4-18-45(19-5-1)47-40-48(46-20-6-2-7-21-46)42-54(41-47)68(49-22-8-3-9-23-49)50-32-34-51(35-33-50)69(53-36-38-57-56-25-11-15-29-63(56)70-66(57)44-53)52-37-39-60-58(43-52)55-24-10-12-26-59(55)67(60)61-27-13-16-30-64(61)71-65-31-17-14-28-62(65)67/h1-44H. The van der Waals surface area contributed by atoms with Crippen LogP contribution in [-0.2, 0) is 5.41 Å². The Bertz CT molecular complexity index is 3870. The summed E-state index contributed by atoms with van der Waals surface area (Å²) in [6.45, 7) is 0. The van der Waals surface area contributed by atoms with Crippen LogP contribution >= 0.6 is 23.1 Å². The highest BCUT2D eigenvalue weighted by Gasteiger charge is 2.50. The Hall–Kier alpha value is -8.41. The Kier molecular flexibility index (Phi) is 9.90. The molecule has 0 saturated heterocycles. The van der Waals surface area contributed by atoms with E-state index in [1.54, 1.807) is 0 Å². The number of benzene rings is 11. The van der Waals surface area contributed by atoms with Crippen LogP contribution in [0.4, 0.5) is 34.1 Å². The van der Waals surface area contributed by atoms with Gasteiger partial charge < -0.3 is 9.80 Å². The molecule has 0 fully saturated rings. The van der Waals surface area contributed by atoms with E-state index < -0.39 is 5.41 Å². The van der Waals surface area contributed by atoms with Gasteiger partial charge in [-0.2, -0.15) is 0 Å². The van der Waals surface area contributed by atoms with Crippen LogP contribution < -0.4 is 9.80 Å². The minimum absolute atomic E-state index is 0.440. The van der Waals surface area contributed by atoms with Crippen molar-refractivity contribution in [3.8, 4) is 33.4 Å². The van der Waals surface area contributed by atoms with E-state index in [9.17, 15) is 0 Å². The summed E-state index contributed by atoms with van der Waals surface area (Å²) >= 11 is 3.75. The van der Waals surface area contributed by atoms with E-state index in [-0.39, 0.29) is 0 Å². The monoisotopic (exact) mass is 940 g/mol. The van der Waals surface area contributed by atoms with Gasteiger partial charge in [0.2, 0.25) is 0 Å². The van der Waals surface area contributed by atoms with E-state index in [2.05, 4.69) is 277 Å². The van der Waals surface area contributed by atoms with Gasteiger partial charge in [0.15, 0.2) is 0 Å². The van der Waals surface area contributed by atoms with Crippen LogP contribution in [-0.4, -0.2) is 0 Å². The van der Waals surface area contributed by atoms with Gasteiger partial charge >= 0.3 is 0 Å². The molecular weight excluding hydrogens is 897 g/mol. The van der Waals surface area contributed by atoms with Gasteiger partial charge in [-0.1, -0.05) is 182 Å². The van der Waals surface area contributed by atoms with Gasteiger partial charge in [0.05, 0.1) is 5.41 Å². The lowest BCUT2D eigenvalue weighted by atomic mass is 9.67. The third kappa shape index (κ3) is 6.78. The van der Waals surface area contributed by atoms with Crippen molar-refractivity contribution >= 4 is 77.4 Å². The first-order valence-electron chi connectivity index (χ1n) is 24.2. The second-order valence-corrected chi connectivity index (χ2v) is 20.6. The molecule has 2 heterocycles. The number of para-hydroxylation sites is 1. The Morgan fingerprint density at radius 1 is 0.268 bits per heavy atom. The second-order valence-electron chi connectivity index (χ2n) is 18.4. The van der Waals surface area contributed by atoms with E-state index in [0.29, 0.717) is 0 Å². The summed E-state index contributed by atoms with van der Waals surface area (Å²) in [5, 5.41) is 2.58. The summed E-state index contributed by atoms with van der Waals surface area (Å²) in [4.78, 5) is 7.46. The Labute approximate surface area is 422 Å². The van der Waals surface area contributed by atoms with Crippen LogP contribution in [0.5, 0.6) is 0 Å². The molecule has 0 atom stereocenters. The zero-order valence-electron chi connectivity index (χ0n) is 38.6. The second kappa shape index (κ2) is 16.9. The SMILES string of the molecule is c1ccc(-c2cc(-c3ccccc3)cc(N(c3ccccc3)c3ccc(N(c4ccc5c(c4)-c4ccccc4C54c5ccccc5Sc5ccccc54)c4ccc5c(c4)sc4ccccc45)cc3)c2)cc1. The van der Waals surface area contributed by atoms with Crippen LogP contribution in [0.15, 0.2) is 277 Å². The molecule has 1 spiro atoms. The fraction of sp³-hybridized carbons (Fsp3) is 0.0149. The molecule has 14 rings (SSSR count). The molecule has 0 amide bonds. The van der Waals surface area contributed by atoms with Crippen molar-refractivity contribution in [3.05, 3.63) is 289 Å². The van der Waals surface area contributed by atoms with Crippen molar-refractivity contribution in [1.82, 2.24) is 0 Å². The first-order valence-corrected chi connectivity index (χ1v) is 25.9. The van der Waals surface area contributed by atoms with Crippen molar-refractivity contribution in [3.63, 3.8) is 0 Å². The number of hydrogen-bond acceptors (Lipinski definition) is 4. The average molecular weight is 941 g/mol. The molecule has 0 bridgehead atoms. The normalized spacial score (nSPS) is 12.8. The quantitative estimate of drug-likeness (QED) is 0.150. The molecule has 1 aliphatic heterocycles. The lowest BCUT2D eigenvalue weighted by Crippen LogP contribution is -2.31. The summed E-state index contributed by atoms with van der Waals surface area (Å²) in [7, 11) is 0. The maximum Gasteiger partial charge on any atom is 0.0735 e. The molecule has 12 aromatic rings. The molecule has 1 aliphatic carbocycles. The molecule has 1 aromatic heterocycles. The number of rotatable bonds is 8. The molecule has 2 aliphatic rings. The summed E-state index contributed by atoms with van der Waals surface area (Å²) in [5.74, 6) is 0. The molecule has 334 valence electrons. The molecule has 0 saturated carbocycles. The maximum atomic E-state index is 2.45. The summed E-state index contributed by atoms with van der Waals surface area (Å²) in [5.41, 5.74) is 18.7. The minimum atomic E-state index is -0.440. The lowest BCUT2D eigenvalue weighted by molar-refractivity contribution is 0.722. The van der Waals surface area contributed by atoms with Gasteiger partial charge in [0.25, 0.3) is 0 Å². The van der Waals surface area contributed by atoms with Gasteiger partial charge in [0, 0.05) is 64.1 Å². The van der Waals surface area contributed by atoms with E-state index in [4.69, 9.17) is 0 Å². The number of fused-ring (bicyclic) bond motifs is 12. The van der Waals surface area contributed by atoms with Crippen LogP contribution in [0.3, 0.4) is 0 Å². The first-order chi connectivity index (χ1) is 35.2. The summed E-state index contributed by atoms with van der Waals surface area (Å²) < 4.78 is 2.57. The minimum Gasteiger partial charge on any atom is -0.310 e. The predicted molar refractivity (Wildman–Crippen MR) is 301 cm³/mol. The van der Waals surface area contributed by atoms with Crippen molar-refractivity contribution < 1.29 is 0 Å². The molecule has 0 unspecified atom stereocenters. The lowest BCUT2D eigenvalue weighted by Gasteiger charge is -2.39.